The lowest BCUT2D eigenvalue weighted by Gasteiger charge is -2.26. The van der Waals surface area contributed by atoms with E-state index < -0.39 is 48.3 Å². The molecule has 3 atom stereocenters. The summed E-state index contributed by atoms with van der Waals surface area (Å²) in [6.45, 7) is 1.00. The predicted octanol–water partition coefficient (Wildman–Crippen LogP) is 4.06. The van der Waals surface area contributed by atoms with Crippen LogP contribution in [0.5, 0.6) is 11.5 Å². The number of amides is 3. The van der Waals surface area contributed by atoms with Gasteiger partial charge in [-0.15, -0.1) is 0 Å². The number of phenols is 1. The minimum atomic E-state index is -1.40. The average molecular weight is 579 g/mol. The summed E-state index contributed by atoms with van der Waals surface area (Å²) < 4.78 is 33.1. The standard InChI is InChI=1S/C31H32F2N4O5/c1-17(23-14-27(38)28(42-2)12-19(23)6-5-18-3-4-18)35-31(41)26-13-22(33)16-37(26)29(39)15-34-30(40)25-9-7-20-11-21(32)8-10-24(20)36-25/h5-12,14,17-18,22,26,38H,3-4,13,15-16H2,1-2H3,(H,34,40)(H,35,41)/b6-5+/t17-,22+,26-/m0/s1. The zero-order chi connectivity index (χ0) is 30.0. The Hall–Kier alpha value is -4.54. The van der Waals surface area contributed by atoms with Gasteiger partial charge in [-0.25, -0.2) is 13.8 Å². The first-order chi connectivity index (χ1) is 20.1. The molecule has 0 bridgehead atoms. The van der Waals surface area contributed by atoms with Crippen LogP contribution in [0.1, 0.15) is 53.8 Å². The Morgan fingerprint density at radius 2 is 1.98 bits per heavy atom. The lowest BCUT2D eigenvalue weighted by molar-refractivity contribution is -0.138. The van der Waals surface area contributed by atoms with Gasteiger partial charge in [-0.1, -0.05) is 18.2 Å². The number of carbonyl (C=O) groups excluding carboxylic acids is 3. The highest BCUT2D eigenvalue weighted by Crippen LogP contribution is 2.36. The number of carbonyl (C=O) groups is 3. The number of aromatic hydroxyl groups is 1. The topological polar surface area (TPSA) is 121 Å². The van der Waals surface area contributed by atoms with Crippen molar-refractivity contribution in [1.82, 2.24) is 20.5 Å². The Labute approximate surface area is 241 Å². The molecule has 1 aromatic heterocycles. The molecule has 3 aromatic rings. The second-order valence-electron chi connectivity index (χ2n) is 10.7. The molecule has 9 nitrogen and oxygen atoms in total. The minimum absolute atomic E-state index is 0.0316. The van der Waals surface area contributed by atoms with Crippen LogP contribution in [0.4, 0.5) is 8.78 Å². The Kier molecular flexibility index (Phi) is 8.37. The third-order valence-corrected chi connectivity index (χ3v) is 7.54. The largest absolute Gasteiger partial charge is 0.504 e. The normalized spacial score (nSPS) is 19.2. The van der Waals surface area contributed by atoms with Gasteiger partial charge in [0.15, 0.2) is 11.5 Å². The van der Waals surface area contributed by atoms with E-state index in [4.69, 9.17) is 4.74 Å². The molecule has 2 aliphatic rings. The number of methoxy groups -OCH3 is 1. The number of hydrogen-bond acceptors (Lipinski definition) is 6. The molecular formula is C31H32F2N4O5. The van der Waals surface area contributed by atoms with Crippen LogP contribution in [0.3, 0.4) is 0 Å². The number of fused-ring (bicyclic) bond motifs is 1. The number of rotatable bonds is 9. The third kappa shape index (κ3) is 6.50. The van der Waals surface area contributed by atoms with E-state index in [1.54, 1.807) is 19.1 Å². The van der Waals surface area contributed by atoms with Crippen LogP contribution in [-0.2, 0) is 9.59 Å². The fraction of sp³-hybridized carbons (Fsp3) is 0.355. The van der Waals surface area contributed by atoms with E-state index in [9.17, 15) is 28.3 Å². The zero-order valence-corrected chi connectivity index (χ0v) is 23.3. The average Bonchev–Trinajstić information content (AvgIpc) is 3.72. The molecule has 1 aliphatic carbocycles. The summed E-state index contributed by atoms with van der Waals surface area (Å²) in [4.78, 5) is 44.3. The van der Waals surface area contributed by atoms with E-state index in [-0.39, 0.29) is 24.4 Å². The smallest absolute Gasteiger partial charge is 0.270 e. The summed E-state index contributed by atoms with van der Waals surface area (Å²) in [5.74, 6) is -1.49. The second-order valence-corrected chi connectivity index (χ2v) is 10.7. The van der Waals surface area contributed by atoms with Crippen LogP contribution in [0.25, 0.3) is 17.0 Å². The summed E-state index contributed by atoms with van der Waals surface area (Å²) in [5.41, 5.74) is 1.85. The van der Waals surface area contributed by atoms with E-state index in [0.29, 0.717) is 28.1 Å². The van der Waals surface area contributed by atoms with Gasteiger partial charge in [0.1, 0.15) is 23.7 Å². The maximum Gasteiger partial charge on any atom is 0.270 e. The molecule has 2 aromatic carbocycles. The van der Waals surface area contributed by atoms with E-state index in [2.05, 4.69) is 21.7 Å². The summed E-state index contributed by atoms with van der Waals surface area (Å²) in [7, 11) is 1.45. The van der Waals surface area contributed by atoms with Crippen molar-refractivity contribution in [2.45, 2.75) is 44.4 Å². The minimum Gasteiger partial charge on any atom is -0.504 e. The molecule has 1 saturated heterocycles. The van der Waals surface area contributed by atoms with Crippen LogP contribution in [-0.4, -0.2) is 65.1 Å². The van der Waals surface area contributed by atoms with E-state index >= 15 is 0 Å². The number of pyridine rings is 1. The summed E-state index contributed by atoms with van der Waals surface area (Å²) in [6, 6.07) is 8.51. The number of ether oxygens (including phenoxy) is 1. The van der Waals surface area contributed by atoms with Gasteiger partial charge >= 0.3 is 0 Å². The predicted molar refractivity (Wildman–Crippen MR) is 152 cm³/mol. The van der Waals surface area contributed by atoms with Crippen molar-refractivity contribution in [1.29, 1.82) is 0 Å². The van der Waals surface area contributed by atoms with Crippen LogP contribution < -0.4 is 15.4 Å². The quantitative estimate of drug-likeness (QED) is 0.352. The fourth-order valence-electron chi connectivity index (χ4n) is 5.08. The number of nitrogens with one attached hydrogen (secondary N) is 2. The molecule has 2 heterocycles. The van der Waals surface area contributed by atoms with Crippen molar-refractivity contribution in [2.75, 3.05) is 20.2 Å². The Bertz CT molecular complexity index is 1560. The fourth-order valence-corrected chi connectivity index (χ4v) is 5.08. The Morgan fingerprint density at radius 1 is 1.19 bits per heavy atom. The van der Waals surface area contributed by atoms with Gasteiger partial charge in [-0.2, -0.15) is 0 Å². The summed E-state index contributed by atoms with van der Waals surface area (Å²) in [5, 5.41) is 16.2. The number of phenolic OH excluding ortho intramolecular Hbond substituents is 1. The van der Waals surface area contributed by atoms with Gasteiger partial charge in [0.2, 0.25) is 11.8 Å². The number of allylic oxidation sites excluding steroid dienone is 1. The SMILES string of the molecule is COc1cc(/C=C/C2CC2)c([C@H](C)NC(=O)[C@@H]2C[C@@H](F)CN2C(=O)CNC(=O)c2ccc3cc(F)ccc3n2)cc1O. The number of hydrogen-bond donors (Lipinski definition) is 3. The zero-order valence-electron chi connectivity index (χ0n) is 23.3. The molecule has 0 radical (unpaired) electrons. The van der Waals surface area contributed by atoms with Gasteiger partial charge < -0.3 is 25.4 Å². The first-order valence-corrected chi connectivity index (χ1v) is 13.8. The number of benzene rings is 2. The third-order valence-electron chi connectivity index (χ3n) is 7.54. The van der Waals surface area contributed by atoms with E-state index in [1.807, 2.05) is 6.08 Å². The maximum atomic E-state index is 14.5. The summed E-state index contributed by atoms with van der Waals surface area (Å²) >= 11 is 0. The molecule has 1 saturated carbocycles. The van der Waals surface area contributed by atoms with Crippen molar-refractivity contribution in [3.63, 3.8) is 0 Å². The van der Waals surface area contributed by atoms with Crippen LogP contribution in [0, 0.1) is 11.7 Å². The van der Waals surface area contributed by atoms with Crippen LogP contribution in [0.2, 0.25) is 0 Å². The Balaban J connectivity index is 1.24. The van der Waals surface area contributed by atoms with Gasteiger partial charge in [0.25, 0.3) is 5.91 Å². The monoisotopic (exact) mass is 578 g/mol. The molecule has 0 spiro atoms. The van der Waals surface area contributed by atoms with Gasteiger partial charge in [0, 0.05) is 11.8 Å². The molecule has 5 rings (SSSR count). The van der Waals surface area contributed by atoms with Crippen molar-refractivity contribution in [2.24, 2.45) is 5.92 Å². The number of halogens is 2. The van der Waals surface area contributed by atoms with Crippen molar-refractivity contribution < 1.29 is 33.0 Å². The first kappa shape index (κ1) is 29.0. The van der Waals surface area contributed by atoms with E-state index in [0.717, 1.165) is 23.3 Å². The molecule has 42 heavy (non-hydrogen) atoms. The molecule has 1 aliphatic heterocycles. The molecule has 3 amide bonds. The highest BCUT2D eigenvalue weighted by Gasteiger charge is 2.40. The molecular weight excluding hydrogens is 546 g/mol. The second kappa shape index (κ2) is 12.1. The lowest BCUT2D eigenvalue weighted by atomic mass is 9.99. The lowest BCUT2D eigenvalue weighted by Crippen LogP contribution is -2.49. The van der Waals surface area contributed by atoms with E-state index in [1.165, 1.54) is 37.4 Å². The number of nitrogens with zero attached hydrogens (tertiary/aromatic N) is 2. The van der Waals surface area contributed by atoms with Gasteiger partial charge in [-0.3, -0.25) is 14.4 Å². The number of aromatic nitrogens is 1. The van der Waals surface area contributed by atoms with Crippen LogP contribution in [0.15, 0.2) is 48.5 Å². The Morgan fingerprint density at radius 3 is 2.71 bits per heavy atom. The molecule has 0 unspecified atom stereocenters. The highest BCUT2D eigenvalue weighted by molar-refractivity contribution is 5.97. The summed E-state index contributed by atoms with van der Waals surface area (Å²) in [6.07, 6.45) is 4.67. The number of likely N-dealkylation sites (tertiary alicyclic amines) is 1. The first-order valence-electron chi connectivity index (χ1n) is 13.8. The molecule has 220 valence electrons. The number of alkyl halides is 1. The van der Waals surface area contributed by atoms with Gasteiger partial charge in [-0.05, 0) is 73.2 Å². The van der Waals surface area contributed by atoms with Crippen molar-refractivity contribution in [3.05, 3.63) is 71.2 Å². The van der Waals surface area contributed by atoms with Crippen molar-refractivity contribution in [3.8, 4) is 11.5 Å². The molecule has 2 fully saturated rings. The van der Waals surface area contributed by atoms with Gasteiger partial charge in [0.05, 0.1) is 31.8 Å². The van der Waals surface area contributed by atoms with Crippen LogP contribution >= 0.6 is 0 Å². The molecule has 11 heteroatoms. The maximum absolute atomic E-state index is 14.5. The molecule has 3 N–H and O–H groups in total. The van der Waals surface area contributed by atoms with Crippen molar-refractivity contribution >= 4 is 34.7 Å². The highest BCUT2D eigenvalue weighted by atomic mass is 19.1.